The van der Waals surface area contributed by atoms with Gasteiger partial charge in [-0.05, 0) is 18.9 Å². The van der Waals surface area contributed by atoms with E-state index >= 15 is 0 Å². The Morgan fingerprint density at radius 2 is 1.43 bits per heavy atom. The number of ether oxygens (including phenoxy) is 1. The van der Waals surface area contributed by atoms with Gasteiger partial charge >= 0.3 is 12.1 Å². The number of carbonyl (C=O) groups excluding carboxylic acids is 1. The maximum Gasteiger partial charge on any atom is 0.389 e. The molecule has 1 rings (SSSR count). The molecular formula is C22H37F3NO7S2+. The minimum Gasteiger partial charge on any atom is -0.465 e. The van der Waals surface area contributed by atoms with Gasteiger partial charge in [-0.1, -0.05) is 32.1 Å². The van der Waals surface area contributed by atoms with Crippen molar-refractivity contribution in [1.29, 1.82) is 0 Å². The van der Waals surface area contributed by atoms with Crippen molar-refractivity contribution in [3.8, 4) is 0 Å². The second-order valence-electron chi connectivity index (χ2n) is 9.08. The molecule has 0 bridgehead atoms. The number of unbranched alkanes of at least 4 members (excludes halogenated alkanes) is 6. The first-order valence-corrected chi connectivity index (χ1v) is 14.5. The van der Waals surface area contributed by atoms with Gasteiger partial charge in [0.15, 0.2) is 9.84 Å². The third-order valence-electron chi connectivity index (χ3n) is 4.91. The maximum absolute atomic E-state index is 11.8. The van der Waals surface area contributed by atoms with Gasteiger partial charge in [0.1, 0.15) is 5.69 Å². The number of carbonyl (C=O) groups is 1. The lowest BCUT2D eigenvalue weighted by atomic mass is 10.1. The summed E-state index contributed by atoms with van der Waals surface area (Å²) in [4.78, 5) is 11.7. The number of quaternary nitrogens is 1. The van der Waals surface area contributed by atoms with E-state index in [0.717, 1.165) is 31.2 Å². The van der Waals surface area contributed by atoms with Gasteiger partial charge in [-0.3, -0.25) is 9.04 Å². The minimum atomic E-state index is -4.06. The summed E-state index contributed by atoms with van der Waals surface area (Å²) in [5, 5.41) is 0. The van der Waals surface area contributed by atoms with Crippen LogP contribution in [0.2, 0.25) is 0 Å². The number of alkyl halides is 3. The third kappa shape index (κ3) is 15.8. The Labute approximate surface area is 206 Å². The summed E-state index contributed by atoms with van der Waals surface area (Å²) < 4.78 is 92.8. The highest BCUT2D eigenvalue weighted by Crippen LogP contribution is 2.25. The highest BCUT2D eigenvalue weighted by atomic mass is 32.2. The number of sulfone groups is 1. The Morgan fingerprint density at radius 1 is 0.943 bits per heavy atom. The maximum atomic E-state index is 11.8. The van der Waals surface area contributed by atoms with Gasteiger partial charge in [0.05, 0.1) is 44.5 Å². The van der Waals surface area contributed by atoms with Crippen LogP contribution in [0.3, 0.4) is 0 Å². The fourth-order valence-corrected chi connectivity index (χ4v) is 4.45. The summed E-state index contributed by atoms with van der Waals surface area (Å²) in [6.07, 6.45) is 0.422. The number of nitrogens with zero attached hydrogens (tertiary/aromatic N) is 1. The van der Waals surface area contributed by atoms with Crippen molar-refractivity contribution in [2.75, 3.05) is 40.3 Å². The lowest BCUT2D eigenvalue weighted by Gasteiger charge is -2.24. The molecule has 1 aromatic rings. The quantitative estimate of drug-likeness (QED) is 0.175. The van der Waals surface area contributed by atoms with Crippen molar-refractivity contribution in [2.45, 2.75) is 62.4 Å². The van der Waals surface area contributed by atoms with Crippen LogP contribution >= 0.6 is 0 Å². The van der Waals surface area contributed by atoms with Crippen LogP contribution in [-0.2, 0) is 24.7 Å². The van der Waals surface area contributed by atoms with E-state index in [4.69, 9.17) is 4.55 Å². The highest BCUT2D eigenvalue weighted by Gasteiger charge is 2.26. The molecule has 8 nitrogen and oxygen atoms in total. The summed E-state index contributed by atoms with van der Waals surface area (Å²) in [6.45, 7) is 0. The van der Waals surface area contributed by atoms with Gasteiger partial charge in [-0.15, -0.1) is 0 Å². The van der Waals surface area contributed by atoms with Crippen LogP contribution in [0.25, 0.3) is 0 Å². The van der Waals surface area contributed by atoms with Gasteiger partial charge in [-0.25, -0.2) is 13.2 Å². The van der Waals surface area contributed by atoms with E-state index in [-0.39, 0.29) is 22.6 Å². The molecule has 0 radical (unpaired) electrons. The first-order chi connectivity index (χ1) is 15.8. The zero-order valence-corrected chi connectivity index (χ0v) is 22.5. The molecule has 0 heterocycles. The molecular weight excluding hydrogens is 511 g/mol. The normalized spacial score (nSPS) is 12.6. The van der Waals surface area contributed by atoms with E-state index in [0.29, 0.717) is 23.7 Å². The first kappa shape index (κ1) is 33.3. The van der Waals surface area contributed by atoms with Gasteiger partial charge in [0.25, 0.3) is 10.1 Å². The molecule has 0 aliphatic heterocycles. The number of methoxy groups -OCH3 is 1. The molecule has 0 fully saturated rings. The molecule has 0 atom stereocenters. The molecule has 0 saturated heterocycles. The van der Waals surface area contributed by atoms with Crippen LogP contribution in [0, 0.1) is 0 Å². The number of esters is 1. The zero-order chi connectivity index (χ0) is 27.5. The fraction of sp³-hybridized carbons (Fsp3) is 0.682. The van der Waals surface area contributed by atoms with E-state index in [9.17, 15) is 34.8 Å². The van der Waals surface area contributed by atoms with Crippen molar-refractivity contribution in [3.63, 3.8) is 0 Å². The summed E-state index contributed by atoms with van der Waals surface area (Å²) in [5.74, 6) is -0.883. The smallest absolute Gasteiger partial charge is 0.389 e. The van der Waals surface area contributed by atoms with E-state index < -0.39 is 38.5 Å². The van der Waals surface area contributed by atoms with E-state index in [1.807, 2.05) is 21.1 Å². The van der Waals surface area contributed by atoms with Crippen LogP contribution in [0.4, 0.5) is 18.9 Å². The van der Waals surface area contributed by atoms with Crippen molar-refractivity contribution in [2.24, 2.45) is 0 Å². The molecule has 0 spiro atoms. The first-order valence-electron chi connectivity index (χ1n) is 11.0. The summed E-state index contributed by atoms with van der Waals surface area (Å²) in [5.41, 5.74) is 0.897. The largest absolute Gasteiger partial charge is 0.465 e. The number of benzene rings is 1. The average Bonchev–Trinajstić information content (AvgIpc) is 2.69. The van der Waals surface area contributed by atoms with Gasteiger partial charge < -0.3 is 4.74 Å². The predicted molar refractivity (Wildman–Crippen MR) is 130 cm³/mol. The Hall–Kier alpha value is -1.70. The SMILES string of the molecule is COC(=O)c1cc([N+](C)(C)C)ccc1S(C)(=O)=O.O=S(=O)(O)CCCCCCCCCC(F)(F)F. The van der Waals surface area contributed by atoms with Crippen molar-refractivity contribution in [3.05, 3.63) is 23.8 Å². The second-order valence-corrected chi connectivity index (χ2v) is 12.6. The van der Waals surface area contributed by atoms with Gasteiger partial charge in [-0.2, -0.15) is 21.6 Å². The molecule has 35 heavy (non-hydrogen) atoms. The van der Waals surface area contributed by atoms with Crippen LogP contribution in [0.15, 0.2) is 23.1 Å². The number of hydrogen-bond donors (Lipinski definition) is 1. The van der Waals surface area contributed by atoms with Crippen LogP contribution < -0.4 is 4.48 Å². The summed E-state index contributed by atoms with van der Waals surface area (Å²) in [6, 6.07) is 4.70. The minimum absolute atomic E-state index is 0.00782. The Morgan fingerprint density at radius 3 is 1.83 bits per heavy atom. The molecule has 0 aliphatic carbocycles. The average molecular weight is 549 g/mol. The standard InChI is InChI=1S/C12H18NO4S.C10H19F3O3S/c1-13(2,3)9-6-7-11(18(5,15)16)10(8-9)12(14)17-4;11-10(12,13)8-6-4-2-1-3-5-7-9-17(14,15)16/h6-8H,1-5H3;1-9H2,(H,14,15,16)/q+1;. The Balaban J connectivity index is 0.000000662. The Kier molecular flexibility index (Phi) is 13.5. The third-order valence-corrected chi connectivity index (χ3v) is 6.86. The summed E-state index contributed by atoms with van der Waals surface area (Å²) >= 11 is 0. The molecule has 13 heteroatoms. The van der Waals surface area contributed by atoms with Crippen molar-refractivity contribution < 1.29 is 44.1 Å². The molecule has 0 aromatic heterocycles. The van der Waals surface area contributed by atoms with E-state index in [2.05, 4.69) is 4.74 Å². The molecule has 0 amide bonds. The molecule has 1 aromatic carbocycles. The highest BCUT2D eigenvalue weighted by molar-refractivity contribution is 7.90. The zero-order valence-electron chi connectivity index (χ0n) is 20.9. The van der Waals surface area contributed by atoms with E-state index in [1.165, 1.54) is 13.2 Å². The molecule has 1 N–H and O–H groups in total. The van der Waals surface area contributed by atoms with Crippen LogP contribution in [0.1, 0.15) is 61.7 Å². The second kappa shape index (κ2) is 14.1. The van der Waals surface area contributed by atoms with Gasteiger partial charge in [0, 0.05) is 24.8 Å². The summed E-state index contributed by atoms with van der Waals surface area (Å²) in [7, 11) is -0.315. The molecule has 0 saturated carbocycles. The monoisotopic (exact) mass is 548 g/mol. The van der Waals surface area contributed by atoms with Crippen LogP contribution in [-0.4, -0.2) is 73.8 Å². The molecule has 204 valence electrons. The topological polar surface area (TPSA) is 115 Å². The fourth-order valence-electron chi connectivity index (χ4n) is 3.02. The van der Waals surface area contributed by atoms with Crippen LogP contribution in [0.5, 0.6) is 0 Å². The molecule has 0 unspecified atom stereocenters. The van der Waals surface area contributed by atoms with Crippen molar-refractivity contribution >= 4 is 31.6 Å². The number of rotatable bonds is 12. The van der Waals surface area contributed by atoms with Crippen molar-refractivity contribution in [1.82, 2.24) is 4.48 Å². The number of halogens is 3. The lowest BCUT2D eigenvalue weighted by Crippen LogP contribution is -2.35. The Bertz CT molecular complexity index is 1020. The predicted octanol–water partition coefficient (Wildman–Crippen LogP) is 4.63. The van der Waals surface area contributed by atoms with E-state index in [1.54, 1.807) is 12.1 Å². The molecule has 0 aliphatic rings. The number of hydrogen-bond acceptors (Lipinski definition) is 6. The lowest BCUT2D eigenvalue weighted by molar-refractivity contribution is -0.135. The van der Waals surface area contributed by atoms with Gasteiger partial charge in [0.2, 0.25) is 0 Å².